The molecule has 0 bridgehead atoms. The summed E-state index contributed by atoms with van der Waals surface area (Å²) in [5, 5.41) is 3.59. The third kappa shape index (κ3) is 5.63. The highest BCUT2D eigenvalue weighted by Gasteiger charge is 2.25. The topological polar surface area (TPSA) is 15.3 Å². The Morgan fingerprint density at radius 2 is 1.71 bits per heavy atom. The normalized spacial score (nSPS) is 14.1. The molecule has 120 valence electrons. The molecule has 0 fully saturated rings. The van der Waals surface area contributed by atoms with Gasteiger partial charge in [-0.1, -0.05) is 36.7 Å². The van der Waals surface area contributed by atoms with Crippen LogP contribution in [0.3, 0.4) is 0 Å². The maximum Gasteiger partial charge on any atom is 0.0412 e. The first kappa shape index (κ1) is 18.5. The van der Waals surface area contributed by atoms with Crippen LogP contribution in [0.1, 0.15) is 54.0 Å². The standard InChI is InChI=1S/C18H31BrN2/c1-13(17(2,3)4)21(8)16-10-9-15(19)11-14(16)12-20-18(5,6)7/h9-11,13,20H,12H2,1-8H3. The van der Waals surface area contributed by atoms with Gasteiger partial charge in [0, 0.05) is 35.3 Å². The van der Waals surface area contributed by atoms with Crippen LogP contribution in [0.15, 0.2) is 22.7 Å². The van der Waals surface area contributed by atoms with E-state index in [1.807, 2.05) is 0 Å². The summed E-state index contributed by atoms with van der Waals surface area (Å²) in [5.74, 6) is 0. The highest BCUT2D eigenvalue weighted by atomic mass is 79.9. The van der Waals surface area contributed by atoms with Crippen LogP contribution in [-0.4, -0.2) is 18.6 Å². The minimum Gasteiger partial charge on any atom is -0.371 e. The molecule has 0 aliphatic rings. The number of rotatable bonds is 4. The highest BCUT2D eigenvalue weighted by Crippen LogP contribution is 2.31. The van der Waals surface area contributed by atoms with Crippen LogP contribution in [0.5, 0.6) is 0 Å². The van der Waals surface area contributed by atoms with Crippen molar-refractivity contribution in [1.29, 1.82) is 0 Å². The Balaban J connectivity index is 3.06. The minimum absolute atomic E-state index is 0.119. The number of hydrogen-bond acceptors (Lipinski definition) is 2. The fourth-order valence-corrected chi connectivity index (χ4v) is 2.60. The lowest BCUT2D eigenvalue weighted by molar-refractivity contribution is 0.329. The number of benzene rings is 1. The van der Waals surface area contributed by atoms with Gasteiger partial charge in [-0.05, 0) is 56.9 Å². The summed E-state index contributed by atoms with van der Waals surface area (Å²) in [4.78, 5) is 2.39. The highest BCUT2D eigenvalue weighted by molar-refractivity contribution is 9.10. The molecule has 21 heavy (non-hydrogen) atoms. The third-order valence-corrected chi connectivity index (χ3v) is 4.56. The second-order valence-electron chi connectivity index (χ2n) is 8.03. The molecule has 0 aliphatic heterocycles. The van der Waals surface area contributed by atoms with Crippen molar-refractivity contribution < 1.29 is 0 Å². The van der Waals surface area contributed by atoms with Crippen molar-refractivity contribution in [1.82, 2.24) is 5.32 Å². The molecule has 1 atom stereocenters. The summed E-state index contributed by atoms with van der Waals surface area (Å²) in [7, 11) is 2.19. The predicted molar refractivity (Wildman–Crippen MR) is 98.1 cm³/mol. The Morgan fingerprint density at radius 3 is 2.19 bits per heavy atom. The molecular formula is C18H31BrN2. The van der Waals surface area contributed by atoms with Crippen LogP contribution >= 0.6 is 15.9 Å². The Labute approximate surface area is 139 Å². The number of nitrogens with one attached hydrogen (secondary N) is 1. The Bertz CT molecular complexity index is 469. The predicted octanol–water partition coefficient (Wildman–Crippen LogP) is 5.21. The van der Waals surface area contributed by atoms with Crippen molar-refractivity contribution in [2.24, 2.45) is 5.41 Å². The van der Waals surface area contributed by atoms with E-state index in [1.54, 1.807) is 0 Å². The van der Waals surface area contributed by atoms with E-state index >= 15 is 0 Å². The summed E-state index contributed by atoms with van der Waals surface area (Å²) >= 11 is 3.60. The molecule has 0 spiro atoms. The quantitative estimate of drug-likeness (QED) is 0.798. The number of anilines is 1. The van der Waals surface area contributed by atoms with Crippen LogP contribution in [0, 0.1) is 5.41 Å². The van der Waals surface area contributed by atoms with Gasteiger partial charge in [0.25, 0.3) is 0 Å². The second kappa shape index (κ2) is 6.70. The molecule has 0 amide bonds. The molecule has 2 nitrogen and oxygen atoms in total. The van der Waals surface area contributed by atoms with Crippen LogP contribution in [0.4, 0.5) is 5.69 Å². The zero-order chi connectivity index (χ0) is 16.4. The van der Waals surface area contributed by atoms with Gasteiger partial charge < -0.3 is 10.2 Å². The van der Waals surface area contributed by atoms with Gasteiger partial charge in [-0.25, -0.2) is 0 Å². The van der Waals surface area contributed by atoms with Crippen LogP contribution in [0.2, 0.25) is 0 Å². The van der Waals surface area contributed by atoms with Gasteiger partial charge in [-0.2, -0.15) is 0 Å². The van der Waals surface area contributed by atoms with Gasteiger partial charge in [0.1, 0.15) is 0 Å². The first-order valence-corrected chi connectivity index (χ1v) is 8.47. The molecule has 1 unspecified atom stereocenters. The molecule has 0 saturated heterocycles. The van der Waals surface area contributed by atoms with Gasteiger partial charge >= 0.3 is 0 Å². The molecule has 1 rings (SSSR count). The van der Waals surface area contributed by atoms with E-state index in [4.69, 9.17) is 0 Å². The first-order valence-electron chi connectivity index (χ1n) is 7.68. The van der Waals surface area contributed by atoms with Crippen LogP contribution < -0.4 is 10.2 Å². The second-order valence-corrected chi connectivity index (χ2v) is 8.95. The van der Waals surface area contributed by atoms with Crippen molar-refractivity contribution in [2.75, 3.05) is 11.9 Å². The molecule has 3 heteroatoms. The average Bonchev–Trinajstić information content (AvgIpc) is 2.32. The molecule has 0 radical (unpaired) electrons. The number of nitrogens with zero attached hydrogens (tertiary/aromatic N) is 1. The Hall–Kier alpha value is -0.540. The Morgan fingerprint density at radius 1 is 1.14 bits per heavy atom. The molecule has 1 N–H and O–H groups in total. The molecule has 0 heterocycles. The lowest BCUT2D eigenvalue weighted by Crippen LogP contribution is -2.40. The first-order chi connectivity index (χ1) is 9.42. The van der Waals surface area contributed by atoms with E-state index in [9.17, 15) is 0 Å². The lowest BCUT2D eigenvalue weighted by atomic mass is 9.86. The van der Waals surface area contributed by atoms with Crippen LogP contribution in [-0.2, 0) is 6.54 Å². The molecule has 1 aromatic rings. The minimum atomic E-state index is 0.119. The summed E-state index contributed by atoms with van der Waals surface area (Å²) in [6.07, 6.45) is 0. The smallest absolute Gasteiger partial charge is 0.0412 e. The number of hydrogen-bond donors (Lipinski definition) is 1. The third-order valence-electron chi connectivity index (χ3n) is 4.06. The van der Waals surface area contributed by atoms with Crippen molar-refractivity contribution >= 4 is 21.6 Å². The maximum absolute atomic E-state index is 3.60. The fourth-order valence-electron chi connectivity index (χ4n) is 2.19. The van der Waals surface area contributed by atoms with Gasteiger partial charge in [-0.15, -0.1) is 0 Å². The van der Waals surface area contributed by atoms with Crippen molar-refractivity contribution in [2.45, 2.75) is 66.6 Å². The van der Waals surface area contributed by atoms with Crippen molar-refractivity contribution in [3.8, 4) is 0 Å². The largest absolute Gasteiger partial charge is 0.371 e. The number of halogens is 1. The summed E-state index contributed by atoms with van der Waals surface area (Å²) in [6.45, 7) is 16.6. The summed E-state index contributed by atoms with van der Waals surface area (Å²) in [6, 6.07) is 7.03. The van der Waals surface area contributed by atoms with E-state index in [0.717, 1.165) is 11.0 Å². The maximum atomic E-state index is 3.60. The lowest BCUT2D eigenvalue weighted by Gasteiger charge is -2.38. The van der Waals surface area contributed by atoms with E-state index in [1.165, 1.54) is 11.3 Å². The molecule has 0 saturated carbocycles. The molecule has 1 aromatic carbocycles. The van der Waals surface area contributed by atoms with Crippen molar-refractivity contribution in [3.05, 3.63) is 28.2 Å². The average molecular weight is 355 g/mol. The van der Waals surface area contributed by atoms with E-state index < -0.39 is 0 Å². The molecular weight excluding hydrogens is 324 g/mol. The zero-order valence-corrected chi connectivity index (χ0v) is 16.4. The van der Waals surface area contributed by atoms with Gasteiger partial charge in [0.05, 0.1) is 0 Å². The van der Waals surface area contributed by atoms with Gasteiger partial charge in [-0.3, -0.25) is 0 Å². The van der Waals surface area contributed by atoms with E-state index in [0.29, 0.717) is 6.04 Å². The van der Waals surface area contributed by atoms with Crippen molar-refractivity contribution in [3.63, 3.8) is 0 Å². The van der Waals surface area contributed by atoms with Gasteiger partial charge in [0.2, 0.25) is 0 Å². The van der Waals surface area contributed by atoms with E-state index in [2.05, 4.69) is 99.9 Å². The summed E-state index contributed by atoms with van der Waals surface area (Å²) < 4.78 is 1.13. The molecule has 0 aromatic heterocycles. The summed E-state index contributed by atoms with van der Waals surface area (Å²) in [5.41, 5.74) is 3.00. The zero-order valence-electron chi connectivity index (χ0n) is 14.8. The SMILES string of the molecule is CC(N(C)c1ccc(Br)cc1CNC(C)(C)C)C(C)(C)C. The van der Waals surface area contributed by atoms with Gasteiger partial charge in [0.15, 0.2) is 0 Å². The van der Waals surface area contributed by atoms with Crippen LogP contribution in [0.25, 0.3) is 0 Å². The fraction of sp³-hybridized carbons (Fsp3) is 0.667. The monoisotopic (exact) mass is 354 g/mol. The molecule has 0 aliphatic carbocycles. The Kier molecular flexibility index (Phi) is 5.91. The van der Waals surface area contributed by atoms with E-state index in [-0.39, 0.29) is 11.0 Å².